The number of benzene rings is 6. The van der Waals surface area contributed by atoms with Crippen LogP contribution in [0, 0.1) is 31.4 Å². The second kappa shape index (κ2) is 22.5. The van der Waals surface area contributed by atoms with Gasteiger partial charge in [0, 0.05) is 17.0 Å². The number of aromatic hydroxyl groups is 2. The molecule has 6 aromatic heterocycles. The Morgan fingerprint density at radius 3 is 1.49 bits per heavy atom. The first-order valence-corrected chi connectivity index (χ1v) is 28.2. The minimum absolute atomic E-state index is 0.0415. The van der Waals surface area contributed by atoms with Gasteiger partial charge in [0.2, 0.25) is 0 Å². The van der Waals surface area contributed by atoms with Crippen molar-refractivity contribution in [1.29, 1.82) is 0 Å². The molecule has 13 rings (SSSR count). The van der Waals surface area contributed by atoms with E-state index < -0.39 is 7.12 Å². The highest BCUT2D eigenvalue weighted by molar-refractivity contribution is 14.1. The first-order chi connectivity index (χ1) is 40.2. The second-order valence-electron chi connectivity index (χ2n) is 21.8. The molecular formula is C64H60BIN12O6. The maximum absolute atomic E-state index is 14.0. The summed E-state index contributed by atoms with van der Waals surface area (Å²) in [6.07, 6.45) is 2.84. The van der Waals surface area contributed by atoms with Gasteiger partial charge < -0.3 is 31.0 Å². The van der Waals surface area contributed by atoms with Crippen molar-refractivity contribution in [2.45, 2.75) is 79.7 Å². The Morgan fingerprint density at radius 2 is 0.976 bits per heavy atom. The van der Waals surface area contributed by atoms with Gasteiger partial charge in [-0.05, 0) is 165 Å². The Labute approximate surface area is 497 Å². The molecule has 1 aliphatic rings. The van der Waals surface area contributed by atoms with Gasteiger partial charge in [-0.15, -0.1) is 0 Å². The van der Waals surface area contributed by atoms with E-state index in [1.54, 1.807) is 54.9 Å². The fourth-order valence-corrected chi connectivity index (χ4v) is 11.4. The third-order valence-corrected chi connectivity index (χ3v) is 16.3. The number of pyridine rings is 2. The third-order valence-electron chi connectivity index (χ3n) is 15.6. The second-order valence-corrected chi connectivity index (χ2v) is 22.8. The van der Waals surface area contributed by atoms with Gasteiger partial charge in [-0.2, -0.15) is 10.2 Å². The minimum Gasteiger partial charge on any atom is -0.508 e. The van der Waals surface area contributed by atoms with Crippen LogP contribution in [0.1, 0.15) is 61.3 Å². The smallest absolute Gasteiger partial charge is 0.494 e. The molecular weight excluding hydrogens is 1170 g/mol. The molecule has 18 nitrogen and oxygen atoms in total. The number of nitrogens with two attached hydrogens (primary N) is 2. The molecule has 1 fully saturated rings. The summed E-state index contributed by atoms with van der Waals surface area (Å²) < 4.78 is 19.5. The Morgan fingerprint density at radius 1 is 0.524 bits per heavy atom. The SMILES string of the molecule is CC1(C)OB(c2cccc(O)c2)OC1(C)C.Cc1ccccc1-n1c(Cn2nc(-c3cccc(O)c3)c3c(N)ncnc32)cc2cccc(C)c2c1=O.Cc1ccccc1-n1c(Cn2nc(I)c3c(N)ncnc32)cc2cccc(C)c2c1=O. The van der Waals surface area contributed by atoms with Crippen LogP contribution >= 0.6 is 22.6 Å². The summed E-state index contributed by atoms with van der Waals surface area (Å²) >= 11 is 2.14. The number of rotatable bonds is 8. The van der Waals surface area contributed by atoms with Crippen molar-refractivity contribution in [3.05, 3.63) is 216 Å². The number of phenols is 2. The summed E-state index contributed by atoms with van der Waals surface area (Å²) in [6.45, 7) is 16.6. The van der Waals surface area contributed by atoms with Gasteiger partial charge in [0.1, 0.15) is 45.2 Å². The number of halogens is 1. The lowest BCUT2D eigenvalue weighted by Gasteiger charge is -2.32. The molecule has 7 heterocycles. The third kappa shape index (κ3) is 10.6. The summed E-state index contributed by atoms with van der Waals surface area (Å²) in [6, 6.07) is 45.4. The number of hydrogen-bond acceptors (Lipinski definition) is 14. The summed E-state index contributed by atoms with van der Waals surface area (Å²) in [5.41, 5.74) is 21.9. The van der Waals surface area contributed by atoms with Gasteiger partial charge in [0.05, 0.1) is 57.2 Å². The number of phenolic OH excluding ortho intramolecular Hbond substituents is 2. The quantitative estimate of drug-likeness (QED) is 0.0817. The molecule has 6 aromatic carbocycles. The van der Waals surface area contributed by atoms with Crippen molar-refractivity contribution in [1.82, 2.24) is 48.6 Å². The number of aromatic nitrogens is 10. The Hall–Kier alpha value is -9.25. The van der Waals surface area contributed by atoms with Gasteiger partial charge in [0.15, 0.2) is 11.3 Å². The number of para-hydroxylation sites is 2. The van der Waals surface area contributed by atoms with Gasteiger partial charge in [-0.25, -0.2) is 29.3 Å². The molecule has 6 N–H and O–H groups in total. The molecule has 0 aliphatic carbocycles. The number of nitrogens with zero attached hydrogens (tertiary/aromatic N) is 10. The molecule has 12 aromatic rings. The van der Waals surface area contributed by atoms with Crippen molar-refractivity contribution in [2.75, 3.05) is 11.5 Å². The van der Waals surface area contributed by atoms with Gasteiger partial charge in [-0.1, -0.05) is 97.1 Å². The molecule has 0 amide bonds. The molecule has 84 heavy (non-hydrogen) atoms. The maximum Gasteiger partial charge on any atom is 0.494 e. The van der Waals surface area contributed by atoms with Crippen molar-refractivity contribution in [2.24, 2.45) is 0 Å². The van der Waals surface area contributed by atoms with Gasteiger partial charge >= 0.3 is 7.12 Å². The van der Waals surface area contributed by atoms with Crippen LogP contribution in [0.4, 0.5) is 11.6 Å². The molecule has 20 heteroatoms. The Bertz CT molecular complexity index is 4650. The van der Waals surface area contributed by atoms with Gasteiger partial charge in [0.25, 0.3) is 11.1 Å². The molecule has 0 atom stereocenters. The van der Waals surface area contributed by atoms with E-state index in [2.05, 4.69) is 53.7 Å². The zero-order valence-electron chi connectivity index (χ0n) is 47.5. The number of anilines is 2. The fourth-order valence-electron chi connectivity index (χ4n) is 10.6. The molecule has 1 saturated heterocycles. The molecule has 0 bridgehead atoms. The lowest BCUT2D eigenvalue weighted by atomic mass is 9.79. The standard InChI is InChI=1S/C29H24N6O2.C23H19IN6O.C12H17BO3/c1-17-7-3-4-12-23(17)35-21(13-19-9-5-8-18(2)24(19)29(35)37)15-34-28-25(27(30)31-16-32-28)26(33-34)20-10-6-11-22(36)14-20;1-13-6-3-4-9-17(13)30-16(10-15-8-5-7-14(2)18(15)23(30)31)11-29-22-19(20(24)28-29)21(25)26-12-27-22;1-11(2)12(3,4)16-13(15-11)9-6-5-7-10(14)8-9/h3-14,16,36H,15H2,1-2H3,(H2,30,31,32);3-10,12H,11H2,1-2H3,(H2,25,26,27);5-8,14H,1-4H3. The highest BCUT2D eigenvalue weighted by Gasteiger charge is 2.51. The fraction of sp³-hybridized carbons (Fsp3) is 0.188. The summed E-state index contributed by atoms with van der Waals surface area (Å²) in [5.74, 6) is 1.03. The van der Waals surface area contributed by atoms with Gasteiger partial charge in [-0.3, -0.25) is 18.7 Å². The molecule has 0 spiro atoms. The zero-order valence-corrected chi connectivity index (χ0v) is 49.7. The maximum atomic E-state index is 14.0. The van der Waals surface area contributed by atoms with E-state index in [4.69, 9.17) is 25.9 Å². The van der Waals surface area contributed by atoms with Crippen LogP contribution in [0.3, 0.4) is 0 Å². The predicted octanol–water partition coefficient (Wildman–Crippen LogP) is 10.4. The summed E-state index contributed by atoms with van der Waals surface area (Å²) in [5, 5.41) is 33.5. The molecule has 1 aliphatic heterocycles. The molecule has 422 valence electrons. The zero-order chi connectivity index (χ0) is 59.4. The molecule has 0 unspecified atom stereocenters. The van der Waals surface area contributed by atoms with E-state index in [9.17, 15) is 19.8 Å². The van der Waals surface area contributed by atoms with Crippen LogP contribution < -0.4 is 28.0 Å². The average Bonchev–Trinajstić information content (AvgIpc) is 1.96. The van der Waals surface area contributed by atoms with Crippen LogP contribution in [0.25, 0.3) is 66.2 Å². The number of hydrogen-bond donors (Lipinski definition) is 4. The molecule has 0 radical (unpaired) electrons. The monoisotopic (exact) mass is 1230 g/mol. The van der Waals surface area contributed by atoms with E-state index in [1.165, 1.54) is 12.7 Å². The van der Waals surface area contributed by atoms with E-state index in [0.717, 1.165) is 75.7 Å². The molecule has 0 saturated carbocycles. The highest BCUT2D eigenvalue weighted by atomic mass is 127. The van der Waals surface area contributed by atoms with Crippen LogP contribution in [0.5, 0.6) is 11.5 Å². The highest BCUT2D eigenvalue weighted by Crippen LogP contribution is 2.37. The summed E-state index contributed by atoms with van der Waals surface area (Å²) in [4.78, 5) is 44.8. The predicted molar refractivity (Wildman–Crippen MR) is 339 cm³/mol. The largest absolute Gasteiger partial charge is 0.508 e. The topological polar surface area (TPSA) is 242 Å². The van der Waals surface area contributed by atoms with Crippen LogP contribution in [0.15, 0.2) is 168 Å². The normalized spacial score (nSPS) is 13.5. The minimum atomic E-state index is -0.405. The van der Waals surface area contributed by atoms with E-state index >= 15 is 0 Å². The van der Waals surface area contributed by atoms with E-state index in [1.807, 2.05) is 159 Å². The summed E-state index contributed by atoms with van der Waals surface area (Å²) in [7, 11) is -0.405. The number of aryl methyl sites for hydroxylation is 4. The first kappa shape index (κ1) is 56.6. The Kier molecular flexibility index (Phi) is 15.2. The first-order valence-electron chi connectivity index (χ1n) is 27.1. The van der Waals surface area contributed by atoms with Crippen LogP contribution in [-0.4, -0.2) is 77.2 Å². The van der Waals surface area contributed by atoms with E-state index in [0.29, 0.717) is 51.5 Å². The van der Waals surface area contributed by atoms with Crippen LogP contribution in [-0.2, 0) is 22.4 Å². The van der Waals surface area contributed by atoms with Crippen molar-refractivity contribution in [3.63, 3.8) is 0 Å². The number of nitrogen functional groups attached to an aromatic ring is 2. The number of fused-ring (bicyclic) bond motifs is 4. The van der Waals surface area contributed by atoms with Crippen molar-refractivity contribution >= 4 is 90.4 Å². The lowest BCUT2D eigenvalue weighted by Crippen LogP contribution is -2.41. The van der Waals surface area contributed by atoms with Crippen molar-refractivity contribution in [3.8, 4) is 34.1 Å². The van der Waals surface area contributed by atoms with Crippen molar-refractivity contribution < 1.29 is 19.5 Å². The van der Waals surface area contributed by atoms with E-state index in [-0.39, 0.29) is 40.4 Å². The Balaban J connectivity index is 0.000000141. The lowest BCUT2D eigenvalue weighted by molar-refractivity contribution is 0.00578. The van der Waals surface area contributed by atoms with Crippen LogP contribution in [0.2, 0.25) is 0 Å². The average molecular weight is 1230 g/mol.